The molecule has 0 saturated carbocycles. The van der Waals surface area contributed by atoms with Gasteiger partial charge in [-0.3, -0.25) is 0 Å². The molecular weight excluding hydrogens is 222 g/mol. The topological polar surface area (TPSA) is 42.1 Å². The summed E-state index contributed by atoms with van der Waals surface area (Å²) in [7, 11) is 0. The zero-order valence-corrected chi connectivity index (χ0v) is 10.8. The van der Waals surface area contributed by atoms with Crippen molar-refractivity contribution in [3.05, 3.63) is 30.0 Å². The van der Waals surface area contributed by atoms with E-state index in [-0.39, 0.29) is 0 Å². The number of aryl methyl sites for hydroxylation is 1. The Balaban J connectivity index is 2.18. The molecular formula is C15H19N3. The van der Waals surface area contributed by atoms with Crippen LogP contribution in [0.2, 0.25) is 0 Å². The highest BCUT2D eigenvalue weighted by atomic mass is 15.2. The maximum atomic E-state index is 6.08. The van der Waals surface area contributed by atoms with Crippen molar-refractivity contribution in [1.82, 2.24) is 4.98 Å². The monoisotopic (exact) mass is 241 g/mol. The van der Waals surface area contributed by atoms with Crippen molar-refractivity contribution in [1.29, 1.82) is 0 Å². The summed E-state index contributed by atoms with van der Waals surface area (Å²) in [6.07, 6.45) is 3.86. The molecule has 2 aromatic rings. The fourth-order valence-corrected chi connectivity index (χ4v) is 2.75. The van der Waals surface area contributed by atoms with E-state index in [4.69, 9.17) is 10.7 Å². The first-order valence-corrected chi connectivity index (χ1v) is 6.66. The molecule has 1 aliphatic rings. The number of rotatable bonds is 1. The standard InChI is InChI=1S/C15H19N3/c1-11-10-13-12(6-5-7-14(13)16)15(17-11)18-8-3-2-4-9-18/h5-7,10H,2-4,8-9,16H2,1H3. The van der Waals surface area contributed by atoms with Crippen LogP contribution in [-0.4, -0.2) is 18.1 Å². The van der Waals surface area contributed by atoms with Crippen molar-refractivity contribution in [3.8, 4) is 0 Å². The quantitative estimate of drug-likeness (QED) is 0.780. The zero-order valence-electron chi connectivity index (χ0n) is 10.8. The van der Waals surface area contributed by atoms with Gasteiger partial charge in [0.2, 0.25) is 0 Å². The molecule has 3 rings (SSSR count). The normalized spacial score (nSPS) is 16.2. The minimum absolute atomic E-state index is 0.844. The van der Waals surface area contributed by atoms with Gasteiger partial charge in [0, 0.05) is 35.2 Å². The van der Waals surface area contributed by atoms with Crippen LogP contribution in [0.4, 0.5) is 11.5 Å². The van der Waals surface area contributed by atoms with E-state index in [0.29, 0.717) is 0 Å². The van der Waals surface area contributed by atoms with E-state index in [0.717, 1.165) is 35.7 Å². The molecule has 94 valence electrons. The van der Waals surface area contributed by atoms with Gasteiger partial charge in [0.1, 0.15) is 5.82 Å². The van der Waals surface area contributed by atoms with Crippen LogP contribution in [0.15, 0.2) is 24.3 Å². The van der Waals surface area contributed by atoms with Crippen LogP contribution >= 0.6 is 0 Å². The number of fused-ring (bicyclic) bond motifs is 1. The second-order valence-corrected chi connectivity index (χ2v) is 5.08. The third-order valence-corrected chi connectivity index (χ3v) is 3.67. The maximum absolute atomic E-state index is 6.08. The summed E-state index contributed by atoms with van der Waals surface area (Å²) in [5, 5.41) is 2.31. The van der Waals surface area contributed by atoms with Crippen molar-refractivity contribution in [2.75, 3.05) is 23.7 Å². The van der Waals surface area contributed by atoms with Gasteiger partial charge in [-0.25, -0.2) is 4.98 Å². The third-order valence-electron chi connectivity index (χ3n) is 3.67. The number of hydrogen-bond acceptors (Lipinski definition) is 3. The average Bonchev–Trinajstić information content (AvgIpc) is 2.40. The Morgan fingerprint density at radius 3 is 2.67 bits per heavy atom. The highest BCUT2D eigenvalue weighted by Crippen LogP contribution is 2.30. The lowest BCUT2D eigenvalue weighted by Gasteiger charge is -2.29. The smallest absolute Gasteiger partial charge is 0.136 e. The van der Waals surface area contributed by atoms with Gasteiger partial charge in [-0.05, 0) is 38.3 Å². The van der Waals surface area contributed by atoms with Crippen LogP contribution in [0, 0.1) is 6.92 Å². The Morgan fingerprint density at radius 1 is 1.11 bits per heavy atom. The molecule has 1 saturated heterocycles. The summed E-state index contributed by atoms with van der Waals surface area (Å²) >= 11 is 0. The highest BCUT2D eigenvalue weighted by Gasteiger charge is 2.16. The lowest BCUT2D eigenvalue weighted by molar-refractivity contribution is 0.574. The number of aromatic nitrogens is 1. The van der Waals surface area contributed by atoms with E-state index in [9.17, 15) is 0 Å². The Morgan fingerprint density at radius 2 is 1.89 bits per heavy atom. The minimum Gasteiger partial charge on any atom is -0.398 e. The predicted molar refractivity (Wildman–Crippen MR) is 77.0 cm³/mol. The maximum Gasteiger partial charge on any atom is 0.136 e. The lowest BCUT2D eigenvalue weighted by Crippen LogP contribution is -2.30. The molecule has 3 nitrogen and oxygen atoms in total. The molecule has 1 aliphatic heterocycles. The fourth-order valence-electron chi connectivity index (χ4n) is 2.75. The van der Waals surface area contributed by atoms with Crippen molar-refractivity contribution in [3.63, 3.8) is 0 Å². The van der Waals surface area contributed by atoms with Crippen molar-refractivity contribution in [2.45, 2.75) is 26.2 Å². The van der Waals surface area contributed by atoms with E-state index >= 15 is 0 Å². The van der Waals surface area contributed by atoms with Gasteiger partial charge in [-0.15, -0.1) is 0 Å². The molecule has 0 spiro atoms. The van der Waals surface area contributed by atoms with Crippen LogP contribution in [0.3, 0.4) is 0 Å². The molecule has 0 amide bonds. The van der Waals surface area contributed by atoms with Crippen LogP contribution in [0.25, 0.3) is 10.8 Å². The molecule has 0 aliphatic carbocycles. The summed E-state index contributed by atoms with van der Waals surface area (Å²) in [4.78, 5) is 7.14. The van der Waals surface area contributed by atoms with Crippen molar-refractivity contribution in [2.24, 2.45) is 0 Å². The number of nitrogens with zero attached hydrogens (tertiary/aromatic N) is 2. The first kappa shape index (κ1) is 11.3. The number of benzene rings is 1. The lowest BCUT2D eigenvalue weighted by atomic mass is 10.1. The Kier molecular flexibility index (Phi) is 2.82. The Hall–Kier alpha value is -1.77. The molecule has 1 aromatic heterocycles. The third kappa shape index (κ3) is 1.90. The predicted octanol–water partition coefficient (Wildman–Crippen LogP) is 3.12. The van der Waals surface area contributed by atoms with Gasteiger partial charge in [-0.1, -0.05) is 12.1 Å². The number of pyridine rings is 1. The van der Waals surface area contributed by atoms with Crippen LogP contribution in [-0.2, 0) is 0 Å². The minimum atomic E-state index is 0.844. The molecule has 2 N–H and O–H groups in total. The van der Waals surface area contributed by atoms with Crippen LogP contribution in [0.1, 0.15) is 25.0 Å². The summed E-state index contributed by atoms with van der Waals surface area (Å²) in [6, 6.07) is 8.18. The van der Waals surface area contributed by atoms with Crippen LogP contribution in [0.5, 0.6) is 0 Å². The summed E-state index contributed by atoms with van der Waals surface area (Å²) in [6.45, 7) is 4.26. The van der Waals surface area contributed by atoms with E-state index in [1.165, 1.54) is 24.6 Å². The molecule has 0 bridgehead atoms. The van der Waals surface area contributed by atoms with Crippen molar-refractivity contribution < 1.29 is 0 Å². The molecule has 0 unspecified atom stereocenters. The largest absolute Gasteiger partial charge is 0.398 e. The van der Waals surface area contributed by atoms with Gasteiger partial charge < -0.3 is 10.6 Å². The first-order chi connectivity index (χ1) is 8.75. The van der Waals surface area contributed by atoms with E-state index in [1.54, 1.807) is 0 Å². The highest BCUT2D eigenvalue weighted by molar-refractivity contribution is 5.99. The summed E-state index contributed by atoms with van der Waals surface area (Å²) in [5.74, 6) is 1.11. The van der Waals surface area contributed by atoms with E-state index < -0.39 is 0 Å². The van der Waals surface area contributed by atoms with Gasteiger partial charge in [0.25, 0.3) is 0 Å². The molecule has 2 heterocycles. The zero-order chi connectivity index (χ0) is 12.5. The number of piperidine rings is 1. The molecule has 18 heavy (non-hydrogen) atoms. The molecule has 0 atom stereocenters. The molecule has 1 aromatic carbocycles. The number of anilines is 2. The summed E-state index contributed by atoms with van der Waals surface area (Å²) in [5.41, 5.74) is 7.96. The van der Waals surface area contributed by atoms with Crippen molar-refractivity contribution >= 4 is 22.3 Å². The number of hydrogen-bond donors (Lipinski definition) is 1. The first-order valence-electron chi connectivity index (χ1n) is 6.66. The fraction of sp³-hybridized carbons (Fsp3) is 0.400. The number of nitrogen functional groups attached to an aromatic ring is 1. The second kappa shape index (κ2) is 4.48. The average molecular weight is 241 g/mol. The van der Waals surface area contributed by atoms with E-state index in [2.05, 4.69) is 17.0 Å². The van der Waals surface area contributed by atoms with Crippen LogP contribution < -0.4 is 10.6 Å². The summed E-state index contributed by atoms with van der Waals surface area (Å²) < 4.78 is 0. The molecule has 3 heteroatoms. The Labute approximate surface area is 108 Å². The molecule has 1 fully saturated rings. The number of nitrogens with two attached hydrogens (primary N) is 1. The Bertz CT molecular complexity index is 571. The van der Waals surface area contributed by atoms with Gasteiger partial charge in [-0.2, -0.15) is 0 Å². The second-order valence-electron chi connectivity index (χ2n) is 5.08. The van der Waals surface area contributed by atoms with Gasteiger partial charge in [0.05, 0.1) is 0 Å². The molecule has 0 radical (unpaired) electrons. The van der Waals surface area contributed by atoms with Gasteiger partial charge in [0.15, 0.2) is 0 Å². The van der Waals surface area contributed by atoms with Gasteiger partial charge >= 0.3 is 0 Å². The van der Waals surface area contributed by atoms with E-state index in [1.807, 2.05) is 19.1 Å². The SMILES string of the molecule is Cc1cc2c(N)cccc2c(N2CCCCC2)n1.